The highest BCUT2D eigenvalue weighted by atomic mass is 35.5. The van der Waals surface area contributed by atoms with E-state index in [0.29, 0.717) is 28.1 Å². The zero-order chi connectivity index (χ0) is 16.7. The van der Waals surface area contributed by atoms with Gasteiger partial charge in [-0.3, -0.25) is 0 Å². The standard InChI is InChI=1S/C15H13ClN4O2S2/c16-12-5-3-11(4-6-12)15-18-17-13-10-19(7-8-20(13)15)24(21,22)14-2-1-9-23-14/h1-6,9H,7-8,10H2. The Labute approximate surface area is 149 Å². The van der Waals surface area contributed by atoms with Gasteiger partial charge in [-0.2, -0.15) is 0 Å². The van der Waals surface area contributed by atoms with Crippen molar-refractivity contribution in [3.05, 3.63) is 52.6 Å². The minimum atomic E-state index is -3.47. The summed E-state index contributed by atoms with van der Waals surface area (Å²) in [5.41, 5.74) is 0.910. The Morgan fingerprint density at radius 3 is 2.67 bits per heavy atom. The molecular formula is C15H13ClN4O2S2. The molecule has 1 atom stereocenters. The van der Waals surface area contributed by atoms with Gasteiger partial charge in [0.2, 0.25) is 4.21 Å². The van der Waals surface area contributed by atoms with E-state index in [0.717, 1.165) is 11.4 Å². The lowest BCUT2D eigenvalue weighted by molar-refractivity contribution is 0.304. The molecule has 24 heavy (non-hydrogen) atoms. The van der Waals surface area contributed by atoms with Crippen LogP contribution in [0.3, 0.4) is 0 Å². The lowest BCUT2D eigenvalue weighted by Crippen LogP contribution is -2.41. The summed E-state index contributed by atoms with van der Waals surface area (Å²) in [5.74, 6) is 1.38. The van der Waals surface area contributed by atoms with E-state index in [1.807, 2.05) is 16.7 Å². The molecule has 3 aromatic rings. The van der Waals surface area contributed by atoms with E-state index in [9.17, 15) is 8.76 Å². The topological polar surface area (TPSA) is 74.1 Å². The van der Waals surface area contributed by atoms with E-state index in [2.05, 4.69) is 10.2 Å². The zero-order valence-electron chi connectivity index (χ0n) is 12.5. The fourth-order valence-electron chi connectivity index (χ4n) is 2.69. The van der Waals surface area contributed by atoms with Crippen LogP contribution in [0.25, 0.3) is 11.4 Å². The predicted molar refractivity (Wildman–Crippen MR) is 92.3 cm³/mol. The number of benzene rings is 1. The van der Waals surface area contributed by atoms with E-state index in [1.54, 1.807) is 29.6 Å². The van der Waals surface area contributed by atoms with Gasteiger partial charge in [-0.1, -0.05) is 27.1 Å². The average Bonchev–Trinajstić information content (AvgIpc) is 3.25. The van der Waals surface area contributed by atoms with Crippen LogP contribution in [0.5, 0.6) is 0 Å². The van der Waals surface area contributed by atoms with Crippen LogP contribution in [0.1, 0.15) is 5.82 Å². The summed E-state index contributed by atoms with van der Waals surface area (Å²) in [4.78, 5) is 0. The zero-order valence-corrected chi connectivity index (χ0v) is 14.9. The largest absolute Gasteiger partial charge is 0.592 e. The Balaban J connectivity index is 1.63. The minimum absolute atomic E-state index is 0.223. The van der Waals surface area contributed by atoms with Gasteiger partial charge in [0.1, 0.15) is 6.54 Å². The molecule has 1 unspecified atom stereocenters. The molecule has 2 aromatic heterocycles. The van der Waals surface area contributed by atoms with Crippen LogP contribution in [-0.4, -0.2) is 30.2 Å². The van der Waals surface area contributed by atoms with Crippen LogP contribution in [0.15, 0.2) is 46.0 Å². The third-order valence-corrected chi connectivity index (χ3v) is 7.38. The first-order chi connectivity index (χ1) is 11.6. The second-order valence-electron chi connectivity index (χ2n) is 5.37. The first kappa shape index (κ1) is 15.9. The highest BCUT2D eigenvalue weighted by Gasteiger charge is 2.35. The number of hydrogen-bond donors (Lipinski definition) is 0. The molecule has 0 amide bonds. The predicted octanol–water partition coefficient (Wildman–Crippen LogP) is 3.08. The van der Waals surface area contributed by atoms with Gasteiger partial charge in [-0.05, 0) is 35.7 Å². The molecule has 6 nitrogen and oxygen atoms in total. The van der Waals surface area contributed by atoms with Crippen molar-refractivity contribution in [2.45, 2.75) is 17.3 Å². The number of rotatable bonds is 3. The second-order valence-corrected chi connectivity index (χ2v) is 8.92. The Morgan fingerprint density at radius 1 is 1.17 bits per heavy atom. The van der Waals surface area contributed by atoms with Crippen molar-refractivity contribution in [2.24, 2.45) is 0 Å². The average molecular weight is 381 g/mol. The highest BCUT2D eigenvalue weighted by molar-refractivity contribution is 7.97. The van der Waals surface area contributed by atoms with E-state index >= 15 is 0 Å². The van der Waals surface area contributed by atoms with Crippen molar-refractivity contribution in [1.82, 2.24) is 19.1 Å². The van der Waals surface area contributed by atoms with Gasteiger partial charge >= 0.3 is 0 Å². The molecule has 0 saturated heterocycles. The summed E-state index contributed by atoms with van der Waals surface area (Å²) in [7, 11) is -3.47. The lowest BCUT2D eigenvalue weighted by atomic mass is 10.2. The summed E-state index contributed by atoms with van der Waals surface area (Å²) in [5, 5.41) is 10.8. The molecule has 3 heterocycles. The SMILES string of the molecule is O=[S+]([O-])(c1cccs1)N1CCn2c(nnc2-c2ccc(Cl)cc2)C1. The van der Waals surface area contributed by atoms with Gasteiger partial charge in [0, 0.05) is 23.2 Å². The Kier molecular flexibility index (Phi) is 4.01. The van der Waals surface area contributed by atoms with Crippen LogP contribution < -0.4 is 0 Å². The quantitative estimate of drug-likeness (QED) is 0.654. The molecule has 1 aliphatic heterocycles. The maximum Gasteiger partial charge on any atom is 0.229 e. The van der Waals surface area contributed by atoms with Crippen molar-refractivity contribution >= 4 is 33.3 Å². The number of aromatic nitrogens is 3. The molecule has 9 heteroatoms. The molecular weight excluding hydrogens is 368 g/mol. The van der Waals surface area contributed by atoms with Crippen LogP contribution in [0.4, 0.5) is 0 Å². The Hall–Kier alpha value is -1.58. The molecule has 4 rings (SSSR count). The lowest BCUT2D eigenvalue weighted by Gasteiger charge is -2.29. The number of halogens is 1. The van der Waals surface area contributed by atoms with Crippen LogP contribution in [0.2, 0.25) is 5.02 Å². The van der Waals surface area contributed by atoms with Gasteiger partial charge in [0.15, 0.2) is 22.0 Å². The van der Waals surface area contributed by atoms with Crippen LogP contribution in [-0.2, 0) is 27.7 Å². The van der Waals surface area contributed by atoms with Gasteiger partial charge in [0.05, 0.1) is 6.54 Å². The molecule has 1 aromatic carbocycles. The fraction of sp³-hybridized carbons (Fsp3) is 0.200. The summed E-state index contributed by atoms with van der Waals surface area (Å²) in [6.07, 6.45) is 0. The van der Waals surface area contributed by atoms with Crippen molar-refractivity contribution in [3.8, 4) is 11.4 Å². The molecule has 0 N–H and O–H groups in total. The van der Waals surface area contributed by atoms with E-state index in [1.165, 1.54) is 15.6 Å². The second kappa shape index (κ2) is 6.05. The third kappa shape index (κ3) is 2.70. The van der Waals surface area contributed by atoms with Gasteiger partial charge < -0.3 is 9.12 Å². The molecule has 124 valence electrons. The molecule has 0 bridgehead atoms. The van der Waals surface area contributed by atoms with E-state index in [-0.39, 0.29) is 6.54 Å². The number of fused-ring (bicyclic) bond motifs is 1. The molecule has 1 aliphatic rings. The summed E-state index contributed by atoms with van der Waals surface area (Å²) in [6, 6.07) is 10.7. The monoisotopic (exact) mass is 380 g/mol. The molecule has 0 spiro atoms. The smallest absolute Gasteiger partial charge is 0.229 e. The normalized spacial score (nSPS) is 17.4. The summed E-state index contributed by atoms with van der Waals surface area (Å²) >= 11 is 7.14. The molecule has 0 radical (unpaired) electrons. The van der Waals surface area contributed by atoms with Crippen LogP contribution in [0, 0.1) is 0 Å². The highest BCUT2D eigenvalue weighted by Crippen LogP contribution is 2.30. The van der Waals surface area contributed by atoms with Crippen molar-refractivity contribution < 1.29 is 8.76 Å². The minimum Gasteiger partial charge on any atom is -0.592 e. The van der Waals surface area contributed by atoms with Crippen molar-refractivity contribution in [2.75, 3.05) is 6.54 Å². The van der Waals surface area contributed by atoms with Gasteiger partial charge in [-0.15, -0.1) is 14.5 Å². The maximum absolute atomic E-state index is 12.6. The summed E-state index contributed by atoms with van der Waals surface area (Å²) < 4.78 is 29.0. The number of hydrogen-bond acceptors (Lipinski definition) is 5. The maximum atomic E-state index is 12.6. The Morgan fingerprint density at radius 2 is 1.96 bits per heavy atom. The summed E-state index contributed by atoms with van der Waals surface area (Å²) in [6.45, 7) is 1.14. The van der Waals surface area contributed by atoms with E-state index in [4.69, 9.17) is 11.6 Å². The molecule has 0 saturated carbocycles. The number of sulfonamides is 1. The number of nitrogens with zero attached hydrogens (tertiary/aromatic N) is 4. The van der Waals surface area contributed by atoms with E-state index < -0.39 is 10.4 Å². The molecule has 0 fully saturated rings. The first-order valence-corrected chi connectivity index (χ1v) is 9.97. The Bertz CT molecular complexity index is 908. The van der Waals surface area contributed by atoms with Gasteiger partial charge in [-0.25, -0.2) is 0 Å². The molecule has 0 aliphatic carbocycles. The number of thiophene rings is 1. The third-order valence-electron chi connectivity index (χ3n) is 3.91. The van der Waals surface area contributed by atoms with Crippen molar-refractivity contribution in [1.29, 1.82) is 0 Å². The van der Waals surface area contributed by atoms with Gasteiger partial charge in [0.25, 0.3) is 0 Å². The van der Waals surface area contributed by atoms with Crippen LogP contribution >= 0.6 is 22.9 Å². The van der Waals surface area contributed by atoms with Crippen molar-refractivity contribution in [3.63, 3.8) is 0 Å². The first-order valence-electron chi connectivity index (χ1n) is 7.27. The fourth-order valence-corrected chi connectivity index (χ4v) is 5.35.